The number of ether oxygens (including phenoxy) is 1. The number of carbonyl (C=O) groups is 1. The van der Waals surface area contributed by atoms with Crippen molar-refractivity contribution < 1.29 is 9.53 Å². The Morgan fingerprint density at radius 1 is 1.39 bits per heavy atom. The minimum Gasteiger partial charge on any atom is -0.377 e. The zero-order chi connectivity index (χ0) is 13.0. The van der Waals surface area contributed by atoms with Crippen LogP contribution in [0.1, 0.15) is 24.3 Å². The third kappa shape index (κ3) is 3.11. The van der Waals surface area contributed by atoms with Gasteiger partial charge in [0.2, 0.25) is 0 Å². The van der Waals surface area contributed by atoms with Crippen molar-refractivity contribution in [3.8, 4) is 0 Å². The lowest BCUT2D eigenvalue weighted by Crippen LogP contribution is -2.28. The van der Waals surface area contributed by atoms with Gasteiger partial charge in [0.1, 0.15) is 5.69 Å². The fourth-order valence-electron chi connectivity index (χ4n) is 1.75. The lowest BCUT2D eigenvalue weighted by molar-refractivity contribution is 0.0745. The van der Waals surface area contributed by atoms with Crippen molar-refractivity contribution in [2.45, 2.75) is 20.0 Å². The van der Waals surface area contributed by atoms with Crippen LogP contribution in [0.3, 0.4) is 0 Å². The normalized spacial score (nSPS) is 11.1. The second-order valence-electron chi connectivity index (χ2n) is 4.45. The van der Waals surface area contributed by atoms with Crippen molar-refractivity contribution in [1.29, 1.82) is 0 Å². The first kappa shape index (κ1) is 12.6. The van der Waals surface area contributed by atoms with E-state index in [1.165, 1.54) is 0 Å². The number of carbonyl (C=O) groups excluding carboxylic acids is 1. The highest BCUT2D eigenvalue weighted by Crippen LogP contribution is 2.14. The number of amides is 1. The van der Waals surface area contributed by atoms with E-state index in [2.05, 4.69) is 10.3 Å². The van der Waals surface area contributed by atoms with E-state index >= 15 is 0 Å². The SMILES string of the molecule is CC(C)OCCNC(=O)c1cc2ccccc2[nH]1. The number of hydrogen-bond donors (Lipinski definition) is 2. The summed E-state index contributed by atoms with van der Waals surface area (Å²) >= 11 is 0. The van der Waals surface area contributed by atoms with Crippen molar-refractivity contribution in [3.05, 3.63) is 36.0 Å². The molecule has 0 saturated carbocycles. The van der Waals surface area contributed by atoms with Crippen LogP contribution < -0.4 is 5.32 Å². The maximum Gasteiger partial charge on any atom is 0.267 e. The second-order valence-corrected chi connectivity index (χ2v) is 4.45. The minimum absolute atomic E-state index is 0.0986. The number of rotatable bonds is 5. The number of H-pyrrole nitrogens is 1. The Hall–Kier alpha value is -1.81. The van der Waals surface area contributed by atoms with Crippen molar-refractivity contribution in [3.63, 3.8) is 0 Å². The highest BCUT2D eigenvalue weighted by atomic mass is 16.5. The van der Waals surface area contributed by atoms with Crippen LogP contribution in [0.25, 0.3) is 10.9 Å². The number of para-hydroxylation sites is 1. The quantitative estimate of drug-likeness (QED) is 0.795. The van der Waals surface area contributed by atoms with Gasteiger partial charge in [-0.25, -0.2) is 0 Å². The molecule has 1 heterocycles. The van der Waals surface area contributed by atoms with E-state index in [1.54, 1.807) is 0 Å². The first-order chi connectivity index (χ1) is 8.66. The Balaban J connectivity index is 1.92. The van der Waals surface area contributed by atoms with E-state index < -0.39 is 0 Å². The predicted molar refractivity (Wildman–Crippen MR) is 71.7 cm³/mol. The molecule has 0 unspecified atom stereocenters. The van der Waals surface area contributed by atoms with Gasteiger partial charge in [0, 0.05) is 17.4 Å². The molecule has 1 aromatic carbocycles. The van der Waals surface area contributed by atoms with Crippen LogP contribution in [0.4, 0.5) is 0 Å². The summed E-state index contributed by atoms with van der Waals surface area (Å²) in [6.07, 6.45) is 0.190. The largest absolute Gasteiger partial charge is 0.377 e. The number of aromatic amines is 1. The van der Waals surface area contributed by atoms with Gasteiger partial charge in [0.25, 0.3) is 5.91 Å². The van der Waals surface area contributed by atoms with Gasteiger partial charge in [-0.15, -0.1) is 0 Å². The molecule has 4 heteroatoms. The molecule has 0 radical (unpaired) electrons. The number of benzene rings is 1. The van der Waals surface area contributed by atoms with E-state index in [9.17, 15) is 4.79 Å². The molecule has 0 atom stereocenters. The molecule has 2 N–H and O–H groups in total. The van der Waals surface area contributed by atoms with Gasteiger partial charge < -0.3 is 15.0 Å². The molecule has 2 aromatic rings. The lowest BCUT2D eigenvalue weighted by atomic mass is 10.2. The molecule has 1 aromatic heterocycles. The van der Waals surface area contributed by atoms with Crippen LogP contribution in [-0.4, -0.2) is 30.1 Å². The Kier molecular flexibility index (Phi) is 3.99. The van der Waals surface area contributed by atoms with Crippen LogP contribution in [0.15, 0.2) is 30.3 Å². The summed E-state index contributed by atoms with van der Waals surface area (Å²) in [6.45, 7) is 5.00. The van der Waals surface area contributed by atoms with Gasteiger partial charge in [-0.1, -0.05) is 18.2 Å². The van der Waals surface area contributed by atoms with E-state index in [-0.39, 0.29) is 12.0 Å². The highest BCUT2D eigenvalue weighted by molar-refractivity contribution is 5.97. The smallest absolute Gasteiger partial charge is 0.267 e. The van der Waals surface area contributed by atoms with Crippen LogP contribution in [0, 0.1) is 0 Å². The number of nitrogens with one attached hydrogen (secondary N) is 2. The first-order valence-corrected chi connectivity index (χ1v) is 6.14. The van der Waals surface area contributed by atoms with E-state index in [4.69, 9.17) is 4.74 Å². The molecular formula is C14H18N2O2. The van der Waals surface area contributed by atoms with Gasteiger partial charge >= 0.3 is 0 Å². The number of hydrogen-bond acceptors (Lipinski definition) is 2. The molecule has 0 saturated heterocycles. The van der Waals surface area contributed by atoms with Gasteiger partial charge in [-0.3, -0.25) is 4.79 Å². The molecule has 4 nitrogen and oxygen atoms in total. The van der Waals surface area contributed by atoms with E-state index in [0.29, 0.717) is 18.8 Å². The summed E-state index contributed by atoms with van der Waals surface area (Å²) < 4.78 is 5.36. The molecule has 0 bridgehead atoms. The fourth-order valence-corrected chi connectivity index (χ4v) is 1.75. The van der Waals surface area contributed by atoms with Crippen LogP contribution in [0.2, 0.25) is 0 Å². The van der Waals surface area contributed by atoms with Gasteiger partial charge in [-0.05, 0) is 26.0 Å². The summed E-state index contributed by atoms with van der Waals surface area (Å²) in [4.78, 5) is 15.0. The number of fused-ring (bicyclic) bond motifs is 1. The Morgan fingerprint density at radius 2 is 2.17 bits per heavy atom. The third-order valence-corrected chi connectivity index (χ3v) is 2.61. The average Bonchev–Trinajstić information content (AvgIpc) is 2.78. The summed E-state index contributed by atoms with van der Waals surface area (Å²) in [5, 5.41) is 3.86. The van der Waals surface area contributed by atoms with Crippen molar-refractivity contribution in [2.75, 3.05) is 13.2 Å². The molecule has 0 aliphatic rings. The zero-order valence-electron chi connectivity index (χ0n) is 10.7. The summed E-state index contributed by atoms with van der Waals surface area (Å²) in [7, 11) is 0. The average molecular weight is 246 g/mol. The Labute approximate surface area is 106 Å². The molecule has 0 fully saturated rings. The fraction of sp³-hybridized carbons (Fsp3) is 0.357. The molecule has 0 aliphatic carbocycles. The maximum absolute atomic E-state index is 11.9. The predicted octanol–water partition coefficient (Wildman–Crippen LogP) is 2.32. The van der Waals surface area contributed by atoms with Crippen molar-refractivity contribution >= 4 is 16.8 Å². The molecule has 2 rings (SSSR count). The van der Waals surface area contributed by atoms with Gasteiger partial charge in [0.05, 0.1) is 12.7 Å². The lowest BCUT2D eigenvalue weighted by Gasteiger charge is -2.07. The molecule has 96 valence electrons. The zero-order valence-corrected chi connectivity index (χ0v) is 10.7. The third-order valence-electron chi connectivity index (χ3n) is 2.61. The summed E-state index contributed by atoms with van der Waals surface area (Å²) in [5.41, 5.74) is 1.56. The summed E-state index contributed by atoms with van der Waals surface area (Å²) in [6, 6.07) is 9.68. The van der Waals surface area contributed by atoms with Crippen LogP contribution >= 0.6 is 0 Å². The molecule has 0 aliphatic heterocycles. The highest BCUT2D eigenvalue weighted by Gasteiger charge is 2.08. The molecule has 18 heavy (non-hydrogen) atoms. The van der Waals surface area contributed by atoms with E-state index in [0.717, 1.165) is 10.9 Å². The van der Waals surface area contributed by atoms with Crippen LogP contribution in [0.5, 0.6) is 0 Å². The van der Waals surface area contributed by atoms with Gasteiger partial charge in [-0.2, -0.15) is 0 Å². The maximum atomic E-state index is 11.9. The van der Waals surface area contributed by atoms with Crippen LogP contribution in [-0.2, 0) is 4.74 Å². The molecular weight excluding hydrogens is 228 g/mol. The van der Waals surface area contributed by atoms with Crippen molar-refractivity contribution in [2.24, 2.45) is 0 Å². The van der Waals surface area contributed by atoms with E-state index in [1.807, 2.05) is 44.2 Å². The first-order valence-electron chi connectivity index (χ1n) is 6.14. The monoisotopic (exact) mass is 246 g/mol. The van der Waals surface area contributed by atoms with Crippen molar-refractivity contribution in [1.82, 2.24) is 10.3 Å². The van der Waals surface area contributed by atoms with Gasteiger partial charge in [0.15, 0.2) is 0 Å². The number of aromatic nitrogens is 1. The molecule has 1 amide bonds. The Morgan fingerprint density at radius 3 is 2.89 bits per heavy atom. The minimum atomic E-state index is -0.0986. The molecule has 0 spiro atoms. The standard InChI is InChI=1S/C14H18N2O2/c1-10(2)18-8-7-15-14(17)13-9-11-5-3-4-6-12(11)16-13/h3-6,9-10,16H,7-8H2,1-2H3,(H,15,17). The summed E-state index contributed by atoms with van der Waals surface area (Å²) in [5.74, 6) is -0.0986. The topological polar surface area (TPSA) is 54.1 Å². The second kappa shape index (κ2) is 5.69. The Bertz CT molecular complexity index is 498.